The summed E-state index contributed by atoms with van der Waals surface area (Å²) in [6.45, 7) is 12.5. The molecule has 0 bridgehead atoms. The molecule has 0 unspecified atom stereocenters. The van der Waals surface area contributed by atoms with Crippen LogP contribution < -0.4 is 0 Å². The zero-order valence-corrected chi connectivity index (χ0v) is 10.5. The Hall–Kier alpha value is -0.0935. The van der Waals surface area contributed by atoms with Crippen LogP contribution in [0.5, 0.6) is 0 Å². The van der Waals surface area contributed by atoms with Gasteiger partial charge in [-0.1, -0.05) is 24.3 Å². The summed E-state index contributed by atoms with van der Waals surface area (Å²) < 4.78 is 0. The molecule has 2 radical (unpaired) electrons. The minimum atomic E-state index is 0. The number of hydrogen-bond acceptors (Lipinski definition) is 0. The van der Waals surface area contributed by atoms with Crippen LogP contribution in [0.15, 0.2) is 24.3 Å². The summed E-state index contributed by atoms with van der Waals surface area (Å²) in [6, 6.07) is 0. The maximum atomic E-state index is 5.83. The molecule has 13 heavy (non-hydrogen) atoms. The Morgan fingerprint density at radius 2 is 1.23 bits per heavy atom. The molecule has 0 atom stereocenters. The van der Waals surface area contributed by atoms with Gasteiger partial charge in [-0.3, -0.25) is 0 Å². The minimum absolute atomic E-state index is 0. The van der Waals surface area contributed by atoms with Crippen LogP contribution in [0.25, 0.3) is 4.85 Å². The molecule has 0 aromatic rings. The Kier molecular flexibility index (Phi) is 25.6. The van der Waals surface area contributed by atoms with Crippen LogP contribution >= 0.6 is 7.92 Å². The first kappa shape index (κ1) is 18.6. The van der Waals surface area contributed by atoms with E-state index in [0.717, 1.165) is 0 Å². The largest absolute Gasteiger partial charge is 0.320 e. The van der Waals surface area contributed by atoms with E-state index in [-0.39, 0.29) is 16.8 Å². The van der Waals surface area contributed by atoms with Crippen molar-refractivity contribution >= 4 is 7.92 Å². The van der Waals surface area contributed by atoms with E-state index in [1.807, 2.05) is 30.7 Å². The van der Waals surface area contributed by atoms with Crippen LogP contribution in [0.1, 0.15) is 0 Å². The van der Waals surface area contributed by atoms with E-state index in [1.54, 1.807) is 0 Å². The molecule has 0 spiro atoms. The van der Waals surface area contributed by atoms with E-state index in [2.05, 4.69) is 24.8 Å². The van der Waals surface area contributed by atoms with Gasteiger partial charge in [0.2, 0.25) is 7.05 Å². The van der Waals surface area contributed by atoms with Crippen molar-refractivity contribution in [1.29, 1.82) is 0 Å². The van der Waals surface area contributed by atoms with Gasteiger partial charge < -0.3 is 4.85 Å². The molecule has 0 amide bonds. The monoisotopic (exact) mass is 241 g/mol. The molecule has 0 N–H and O–H groups in total. The van der Waals surface area contributed by atoms with Crippen LogP contribution in [0.2, 0.25) is 0 Å². The Labute approximate surface area is 94.1 Å². The van der Waals surface area contributed by atoms with E-state index in [4.69, 9.17) is 6.57 Å². The molecule has 1 rings (SSSR count). The zero-order valence-electron chi connectivity index (χ0n) is 8.61. The fourth-order valence-electron chi connectivity index (χ4n) is 0.321. The smallest absolute Gasteiger partial charge is 0.205 e. The first-order valence-corrected chi connectivity index (χ1v) is 6.36. The first-order valence-electron chi connectivity index (χ1n) is 3.68. The molecule has 1 aliphatic carbocycles. The molecular weight excluding hydrogens is 224 g/mol. The van der Waals surface area contributed by atoms with Crippen molar-refractivity contribution in [3.8, 4) is 0 Å². The topological polar surface area (TPSA) is 4.36 Å². The van der Waals surface area contributed by atoms with Crippen molar-refractivity contribution in [3.63, 3.8) is 0 Å². The van der Waals surface area contributed by atoms with Crippen molar-refractivity contribution in [1.82, 2.24) is 0 Å². The summed E-state index contributed by atoms with van der Waals surface area (Å²) in [7, 11) is 1.80. The summed E-state index contributed by atoms with van der Waals surface area (Å²) in [5.74, 6) is 0. The number of allylic oxidation sites excluding steroid dienone is 4. The molecule has 1 aliphatic rings. The Morgan fingerprint density at radius 1 is 1.00 bits per heavy atom. The van der Waals surface area contributed by atoms with Crippen molar-refractivity contribution in [2.45, 2.75) is 0 Å². The van der Waals surface area contributed by atoms with Crippen molar-refractivity contribution in [2.75, 3.05) is 27.0 Å². The maximum Gasteiger partial charge on any atom is 0.205 e. The average molecular weight is 241 g/mol. The van der Waals surface area contributed by atoms with Gasteiger partial charge in [0.1, 0.15) is 0 Å². The number of rotatable bonds is 0. The molecule has 0 saturated carbocycles. The molecule has 0 fully saturated rings. The summed E-state index contributed by atoms with van der Waals surface area (Å²) in [5.41, 5.74) is 0. The predicted molar refractivity (Wildman–Crippen MR) is 59.8 cm³/mol. The second-order valence-corrected chi connectivity index (χ2v) is 5.21. The molecule has 0 aliphatic heterocycles. The normalized spacial score (nSPS) is 10.2. The van der Waals surface area contributed by atoms with Crippen LogP contribution in [0.3, 0.4) is 0 Å². The van der Waals surface area contributed by atoms with Crippen LogP contribution in [0.4, 0.5) is 0 Å². The fourth-order valence-corrected chi connectivity index (χ4v) is 0.321. The Balaban J connectivity index is -0.000000116. The first-order chi connectivity index (χ1) is 5.65. The van der Waals surface area contributed by atoms with E-state index in [0.29, 0.717) is 7.92 Å². The summed E-state index contributed by atoms with van der Waals surface area (Å²) in [4.78, 5) is 2.75. The molecular formula is C10H17CoNP. The quantitative estimate of drug-likeness (QED) is 0.453. The van der Waals surface area contributed by atoms with Gasteiger partial charge in [0.15, 0.2) is 0 Å². The third-order valence-corrected chi connectivity index (χ3v) is 0.556. The third kappa shape index (κ3) is 48.5. The SMILES string of the molecule is CP(C)C.[C-]#[N+]C.[CH]1C=CC=C1.[Co]. The van der Waals surface area contributed by atoms with E-state index < -0.39 is 0 Å². The molecule has 0 heterocycles. The summed E-state index contributed by atoms with van der Waals surface area (Å²) in [6.07, 6.45) is 10.0. The van der Waals surface area contributed by atoms with E-state index in [9.17, 15) is 0 Å². The van der Waals surface area contributed by atoms with Gasteiger partial charge in [0, 0.05) is 23.2 Å². The molecule has 76 valence electrons. The molecule has 0 aromatic heterocycles. The number of nitrogens with zero attached hydrogens (tertiary/aromatic N) is 1. The Bertz CT molecular complexity index is 155. The van der Waals surface area contributed by atoms with Gasteiger partial charge in [-0.05, 0) is 20.0 Å². The minimum Gasteiger partial charge on any atom is -0.320 e. The van der Waals surface area contributed by atoms with Crippen molar-refractivity contribution < 1.29 is 16.8 Å². The van der Waals surface area contributed by atoms with Crippen molar-refractivity contribution in [2.24, 2.45) is 0 Å². The summed E-state index contributed by atoms with van der Waals surface area (Å²) >= 11 is 0. The molecule has 3 heteroatoms. The summed E-state index contributed by atoms with van der Waals surface area (Å²) in [5, 5.41) is 0. The van der Waals surface area contributed by atoms with Crippen molar-refractivity contribution in [3.05, 3.63) is 42.1 Å². The second kappa shape index (κ2) is 17.9. The van der Waals surface area contributed by atoms with Gasteiger partial charge in [-0.25, -0.2) is 6.57 Å². The maximum absolute atomic E-state index is 5.83. The predicted octanol–water partition coefficient (Wildman–Crippen LogP) is 3.21. The van der Waals surface area contributed by atoms with Crippen LogP contribution in [0, 0.1) is 13.0 Å². The van der Waals surface area contributed by atoms with Gasteiger partial charge in [-0.15, -0.1) is 7.92 Å². The van der Waals surface area contributed by atoms with Gasteiger partial charge in [0.25, 0.3) is 0 Å². The molecule has 0 aromatic carbocycles. The fraction of sp³-hybridized carbons (Fsp3) is 0.400. The standard InChI is InChI=1S/C5H5.C3H9P.C2H3N.Co/c1-2-4-5-3-1;1-4(2)3;1-3-2;/h1-5H;1-3H3;1H3;. The second-order valence-electron chi connectivity index (χ2n) is 2.53. The third-order valence-electron chi connectivity index (χ3n) is 0.556. The van der Waals surface area contributed by atoms with Gasteiger partial charge in [-0.2, -0.15) is 0 Å². The van der Waals surface area contributed by atoms with Gasteiger partial charge >= 0.3 is 0 Å². The van der Waals surface area contributed by atoms with Gasteiger partial charge in [0.05, 0.1) is 0 Å². The molecule has 0 saturated heterocycles. The molecule has 1 nitrogen and oxygen atoms in total. The van der Waals surface area contributed by atoms with E-state index >= 15 is 0 Å². The van der Waals surface area contributed by atoms with E-state index in [1.165, 1.54) is 7.05 Å². The van der Waals surface area contributed by atoms with Crippen LogP contribution in [-0.2, 0) is 16.8 Å². The average Bonchev–Trinajstić information content (AvgIpc) is 2.40. The zero-order chi connectivity index (χ0) is 9.82. The van der Waals surface area contributed by atoms with Crippen LogP contribution in [-0.4, -0.2) is 27.0 Å². The number of hydrogen-bond donors (Lipinski definition) is 0. The Morgan fingerprint density at radius 3 is 1.31 bits per heavy atom.